The first-order chi connectivity index (χ1) is 13.3. The molecule has 28 heavy (non-hydrogen) atoms. The van der Waals surface area contributed by atoms with Crippen LogP contribution in [0.5, 0.6) is 5.75 Å². The van der Waals surface area contributed by atoms with Gasteiger partial charge in [0.15, 0.2) is 6.61 Å². The maximum atomic E-state index is 12.5. The van der Waals surface area contributed by atoms with Crippen molar-refractivity contribution >= 4 is 44.8 Å². The highest BCUT2D eigenvalue weighted by molar-refractivity contribution is 7.89. The molecule has 0 heterocycles. The number of rotatable bonds is 7. The lowest BCUT2D eigenvalue weighted by Crippen LogP contribution is -2.32. The first-order valence-corrected chi connectivity index (χ1v) is 11.1. The Labute approximate surface area is 174 Å². The van der Waals surface area contributed by atoms with Crippen LogP contribution in [0.3, 0.4) is 0 Å². The number of carbonyl (C=O) groups is 1. The number of hydrogen-bond acceptors (Lipinski definition) is 4. The molecule has 0 saturated heterocycles. The Morgan fingerprint density at radius 2 is 1.79 bits per heavy atom. The lowest BCUT2D eigenvalue weighted by molar-refractivity contribution is -0.118. The van der Waals surface area contributed by atoms with Crippen molar-refractivity contribution in [2.75, 3.05) is 11.9 Å². The summed E-state index contributed by atoms with van der Waals surface area (Å²) in [4.78, 5) is 12.1. The molecule has 1 aliphatic rings. The highest BCUT2D eigenvalue weighted by atomic mass is 35.5. The van der Waals surface area contributed by atoms with Gasteiger partial charge in [-0.05, 0) is 43.2 Å². The maximum Gasteiger partial charge on any atom is 0.262 e. The molecule has 2 aromatic rings. The second-order valence-corrected chi connectivity index (χ2v) is 9.04. The molecule has 0 radical (unpaired) electrons. The Balaban J connectivity index is 1.61. The van der Waals surface area contributed by atoms with E-state index >= 15 is 0 Å². The lowest BCUT2D eigenvalue weighted by atomic mass is 10.3. The number of benzene rings is 2. The summed E-state index contributed by atoms with van der Waals surface area (Å²) in [6, 6.07) is 11.0. The Bertz CT molecular complexity index is 960. The smallest absolute Gasteiger partial charge is 0.262 e. The van der Waals surface area contributed by atoms with Crippen molar-refractivity contribution < 1.29 is 17.9 Å². The van der Waals surface area contributed by atoms with E-state index in [1.807, 2.05) is 0 Å². The molecule has 6 nitrogen and oxygen atoms in total. The fraction of sp³-hybridized carbons (Fsp3) is 0.316. The SMILES string of the molecule is O=C(COc1ccc(S(=O)(=O)NC2CCCC2)cc1Cl)Nc1ccccc1Cl. The summed E-state index contributed by atoms with van der Waals surface area (Å²) in [6.07, 6.45) is 3.73. The monoisotopic (exact) mass is 442 g/mol. The summed E-state index contributed by atoms with van der Waals surface area (Å²) in [7, 11) is -3.64. The summed E-state index contributed by atoms with van der Waals surface area (Å²) in [5, 5.41) is 3.16. The number of carbonyl (C=O) groups excluding carboxylic acids is 1. The molecule has 1 saturated carbocycles. The van der Waals surface area contributed by atoms with Crippen LogP contribution in [0.1, 0.15) is 25.7 Å². The number of anilines is 1. The number of halogens is 2. The van der Waals surface area contributed by atoms with E-state index in [1.165, 1.54) is 18.2 Å². The second kappa shape index (κ2) is 9.13. The lowest BCUT2D eigenvalue weighted by Gasteiger charge is -2.14. The Morgan fingerprint density at radius 3 is 2.46 bits per heavy atom. The van der Waals surface area contributed by atoms with Crippen LogP contribution in [0.4, 0.5) is 5.69 Å². The van der Waals surface area contributed by atoms with Crippen LogP contribution < -0.4 is 14.8 Å². The van der Waals surface area contributed by atoms with Gasteiger partial charge in [0, 0.05) is 6.04 Å². The predicted molar refractivity (Wildman–Crippen MR) is 110 cm³/mol. The molecule has 1 aliphatic carbocycles. The van der Waals surface area contributed by atoms with Crippen molar-refractivity contribution in [3.05, 3.63) is 52.5 Å². The quantitative estimate of drug-likeness (QED) is 0.671. The fourth-order valence-electron chi connectivity index (χ4n) is 2.99. The Hall–Kier alpha value is -1.80. The first kappa shape index (κ1) is 20.9. The molecule has 0 aromatic heterocycles. The number of sulfonamides is 1. The average molecular weight is 443 g/mol. The fourth-order valence-corrected chi connectivity index (χ4v) is 4.80. The number of nitrogens with one attached hydrogen (secondary N) is 2. The maximum absolute atomic E-state index is 12.5. The van der Waals surface area contributed by atoms with Gasteiger partial charge >= 0.3 is 0 Å². The van der Waals surface area contributed by atoms with Crippen molar-refractivity contribution in [1.82, 2.24) is 4.72 Å². The van der Waals surface area contributed by atoms with Crippen LogP contribution >= 0.6 is 23.2 Å². The minimum absolute atomic E-state index is 0.0341. The molecule has 0 bridgehead atoms. The van der Waals surface area contributed by atoms with Crippen molar-refractivity contribution in [3.63, 3.8) is 0 Å². The van der Waals surface area contributed by atoms with Crippen molar-refractivity contribution in [3.8, 4) is 5.75 Å². The van der Waals surface area contributed by atoms with E-state index in [-0.39, 0.29) is 28.3 Å². The van der Waals surface area contributed by atoms with Gasteiger partial charge in [-0.25, -0.2) is 13.1 Å². The van der Waals surface area contributed by atoms with Gasteiger partial charge in [-0.3, -0.25) is 4.79 Å². The van der Waals surface area contributed by atoms with Crippen molar-refractivity contribution in [2.45, 2.75) is 36.6 Å². The highest BCUT2D eigenvalue weighted by Gasteiger charge is 2.23. The second-order valence-electron chi connectivity index (χ2n) is 6.51. The predicted octanol–water partition coefficient (Wildman–Crippen LogP) is 4.23. The summed E-state index contributed by atoms with van der Waals surface area (Å²) >= 11 is 12.1. The highest BCUT2D eigenvalue weighted by Crippen LogP contribution is 2.28. The van der Waals surface area contributed by atoms with Crippen LogP contribution in [0.2, 0.25) is 10.0 Å². The van der Waals surface area contributed by atoms with E-state index in [9.17, 15) is 13.2 Å². The third-order valence-corrected chi connectivity index (χ3v) is 6.54. The van der Waals surface area contributed by atoms with Gasteiger partial charge in [-0.1, -0.05) is 48.2 Å². The Morgan fingerprint density at radius 1 is 1.07 bits per heavy atom. The van der Waals surface area contributed by atoms with Crippen LogP contribution in [0, 0.1) is 0 Å². The molecule has 9 heteroatoms. The van der Waals surface area contributed by atoms with Gasteiger partial charge in [0.1, 0.15) is 5.75 Å². The van der Waals surface area contributed by atoms with Crippen LogP contribution in [-0.2, 0) is 14.8 Å². The van der Waals surface area contributed by atoms with E-state index in [0.29, 0.717) is 10.7 Å². The van der Waals surface area contributed by atoms with Crippen molar-refractivity contribution in [2.24, 2.45) is 0 Å². The molecule has 0 unspecified atom stereocenters. The summed E-state index contributed by atoms with van der Waals surface area (Å²) < 4.78 is 33.0. The van der Waals surface area contributed by atoms with Gasteiger partial charge in [-0.2, -0.15) is 0 Å². The third kappa shape index (κ3) is 5.38. The van der Waals surface area contributed by atoms with Gasteiger partial charge in [-0.15, -0.1) is 0 Å². The molecule has 150 valence electrons. The third-order valence-electron chi connectivity index (χ3n) is 4.40. The topological polar surface area (TPSA) is 84.5 Å². The average Bonchev–Trinajstić information content (AvgIpc) is 3.15. The molecule has 2 aromatic carbocycles. The van der Waals surface area contributed by atoms with E-state index in [4.69, 9.17) is 27.9 Å². The van der Waals surface area contributed by atoms with Crippen molar-refractivity contribution in [1.29, 1.82) is 0 Å². The Kier molecular flexibility index (Phi) is 6.82. The zero-order chi connectivity index (χ0) is 20.1. The van der Waals surface area contributed by atoms with Gasteiger partial charge in [0.05, 0.1) is 20.6 Å². The summed E-state index contributed by atoms with van der Waals surface area (Å²) in [6.45, 7) is -0.294. The van der Waals surface area contributed by atoms with Crippen LogP contribution in [-0.4, -0.2) is 27.0 Å². The molecular formula is C19H20Cl2N2O4S. The van der Waals surface area contributed by atoms with Crippen LogP contribution in [0.25, 0.3) is 0 Å². The number of hydrogen-bond donors (Lipinski definition) is 2. The number of amides is 1. The largest absolute Gasteiger partial charge is 0.482 e. The summed E-state index contributed by atoms with van der Waals surface area (Å²) in [5.41, 5.74) is 0.475. The number of ether oxygens (including phenoxy) is 1. The summed E-state index contributed by atoms with van der Waals surface area (Å²) in [5.74, 6) is -0.195. The van der Waals surface area contributed by atoms with E-state index in [0.717, 1.165) is 25.7 Å². The zero-order valence-electron chi connectivity index (χ0n) is 15.0. The normalized spacial score (nSPS) is 14.8. The van der Waals surface area contributed by atoms with Gasteiger partial charge < -0.3 is 10.1 Å². The molecule has 1 amide bonds. The first-order valence-electron chi connectivity index (χ1n) is 8.84. The molecule has 0 spiro atoms. The minimum atomic E-state index is -3.64. The van der Waals surface area contributed by atoms with E-state index < -0.39 is 15.9 Å². The molecule has 2 N–H and O–H groups in total. The molecule has 0 aliphatic heterocycles. The molecule has 3 rings (SSSR count). The van der Waals surface area contributed by atoms with Gasteiger partial charge in [0.2, 0.25) is 10.0 Å². The molecule has 1 fully saturated rings. The zero-order valence-corrected chi connectivity index (χ0v) is 17.3. The van der Waals surface area contributed by atoms with E-state index in [1.54, 1.807) is 24.3 Å². The number of para-hydroxylation sites is 1. The minimum Gasteiger partial charge on any atom is -0.482 e. The standard InChI is InChI=1S/C19H20Cl2N2O4S/c20-15-7-3-4-8-17(15)22-19(24)12-27-18-10-9-14(11-16(18)21)28(25,26)23-13-5-1-2-6-13/h3-4,7-11,13,23H,1-2,5-6,12H2,(H,22,24). The van der Waals surface area contributed by atoms with Gasteiger partial charge in [0.25, 0.3) is 5.91 Å². The molecule has 0 atom stereocenters. The van der Waals surface area contributed by atoms with E-state index in [2.05, 4.69) is 10.0 Å². The van der Waals surface area contributed by atoms with Crippen LogP contribution in [0.15, 0.2) is 47.4 Å². The molecular weight excluding hydrogens is 423 g/mol.